The Hall–Kier alpha value is -3.47. The van der Waals surface area contributed by atoms with Crippen molar-refractivity contribution in [3.8, 4) is 11.5 Å². The van der Waals surface area contributed by atoms with E-state index in [1.54, 1.807) is 14.2 Å². The van der Waals surface area contributed by atoms with Gasteiger partial charge < -0.3 is 19.1 Å². The molecule has 3 aromatic rings. The molecular weight excluding hydrogens is 414 g/mol. The summed E-state index contributed by atoms with van der Waals surface area (Å²) in [7, 11) is 3.32. The summed E-state index contributed by atoms with van der Waals surface area (Å²) in [6.07, 6.45) is 2.42. The molecule has 0 saturated heterocycles. The maximum absolute atomic E-state index is 13.1. The first-order valence-corrected chi connectivity index (χ1v) is 11.4. The molecule has 33 heavy (non-hydrogen) atoms. The van der Waals surface area contributed by atoms with Gasteiger partial charge in [-0.3, -0.25) is 0 Å². The number of carbonyl (C=O) groups is 1. The van der Waals surface area contributed by atoms with Crippen LogP contribution in [0.25, 0.3) is 0 Å². The zero-order valence-electron chi connectivity index (χ0n) is 19.7. The molecule has 0 N–H and O–H groups in total. The van der Waals surface area contributed by atoms with Gasteiger partial charge in [-0.25, -0.2) is 4.79 Å². The van der Waals surface area contributed by atoms with E-state index < -0.39 is 6.04 Å². The van der Waals surface area contributed by atoms with Gasteiger partial charge in [-0.1, -0.05) is 42.5 Å². The fourth-order valence-corrected chi connectivity index (χ4v) is 3.87. The molecule has 5 nitrogen and oxygen atoms in total. The van der Waals surface area contributed by atoms with Gasteiger partial charge in [0.2, 0.25) is 0 Å². The van der Waals surface area contributed by atoms with Gasteiger partial charge in [0.25, 0.3) is 0 Å². The van der Waals surface area contributed by atoms with E-state index in [-0.39, 0.29) is 5.97 Å². The van der Waals surface area contributed by atoms with Crippen molar-refractivity contribution in [1.29, 1.82) is 0 Å². The first kappa shape index (κ1) is 24.2. The average molecular weight is 448 g/mol. The van der Waals surface area contributed by atoms with Crippen molar-refractivity contribution in [2.24, 2.45) is 0 Å². The summed E-state index contributed by atoms with van der Waals surface area (Å²) >= 11 is 0. The zero-order valence-corrected chi connectivity index (χ0v) is 19.7. The monoisotopic (exact) mass is 447 g/mol. The van der Waals surface area contributed by atoms with E-state index in [1.165, 1.54) is 5.56 Å². The summed E-state index contributed by atoms with van der Waals surface area (Å²) in [5, 5.41) is 0. The summed E-state index contributed by atoms with van der Waals surface area (Å²) in [5.41, 5.74) is 3.32. The van der Waals surface area contributed by atoms with Crippen molar-refractivity contribution in [2.45, 2.75) is 38.8 Å². The van der Waals surface area contributed by atoms with Crippen molar-refractivity contribution in [1.82, 2.24) is 0 Å². The van der Waals surface area contributed by atoms with Crippen molar-refractivity contribution in [3.05, 3.63) is 90.0 Å². The van der Waals surface area contributed by atoms with E-state index in [0.717, 1.165) is 35.6 Å². The SMILES string of the molecule is CCOC(=O)C(CCCc1ccc(OC)cc1)N(Cc1ccccc1)c1ccc(OC)cc1. The number of ether oxygens (including phenoxy) is 3. The minimum Gasteiger partial charge on any atom is -0.497 e. The number of anilines is 1. The summed E-state index contributed by atoms with van der Waals surface area (Å²) < 4.78 is 16.1. The number of hydrogen-bond donors (Lipinski definition) is 0. The highest BCUT2D eigenvalue weighted by Crippen LogP contribution is 2.26. The molecule has 3 rings (SSSR count). The Morgan fingerprint density at radius 2 is 1.42 bits per heavy atom. The molecule has 0 aromatic heterocycles. The average Bonchev–Trinajstić information content (AvgIpc) is 2.87. The third kappa shape index (κ3) is 7.01. The molecule has 0 heterocycles. The van der Waals surface area contributed by atoms with Gasteiger partial charge in [-0.2, -0.15) is 0 Å². The van der Waals surface area contributed by atoms with E-state index in [2.05, 4.69) is 29.2 Å². The predicted octanol–water partition coefficient (Wildman–Crippen LogP) is 5.67. The van der Waals surface area contributed by atoms with Crippen molar-refractivity contribution >= 4 is 11.7 Å². The molecular formula is C28H33NO4. The maximum Gasteiger partial charge on any atom is 0.328 e. The molecule has 0 aliphatic heterocycles. The minimum absolute atomic E-state index is 0.195. The molecule has 5 heteroatoms. The Kier molecular flexibility index (Phi) is 9.19. The molecule has 0 amide bonds. The third-order valence-electron chi connectivity index (χ3n) is 5.64. The van der Waals surface area contributed by atoms with Crippen LogP contribution in [0.15, 0.2) is 78.9 Å². The summed E-state index contributed by atoms with van der Waals surface area (Å²) in [6, 6.07) is 25.7. The van der Waals surface area contributed by atoms with E-state index in [0.29, 0.717) is 19.6 Å². The number of benzene rings is 3. The maximum atomic E-state index is 13.1. The van der Waals surface area contributed by atoms with Crippen LogP contribution >= 0.6 is 0 Å². The van der Waals surface area contributed by atoms with Crippen LogP contribution in [0.2, 0.25) is 0 Å². The quantitative estimate of drug-likeness (QED) is 0.335. The number of hydrogen-bond acceptors (Lipinski definition) is 5. The Morgan fingerprint density at radius 1 is 0.818 bits per heavy atom. The first-order chi connectivity index (χ1) is 16.1. The molecule has 0 aliphatic carbocycles. The lowest BCUT2D eigenvalue weighted by atomic mass is 10.0. The number of nitrogens with zero attached hydrogens (tertiary/aromatic N) is 1. The number of aryl methyl sites for hydroxylation is 1. The summed E-state index contributed by atoms with van der Waals surface area (Å²) in [6.45, 7) is 2.82. The second kappa shape index (κ2) is 12.5. The van der Waals surface area contributed by atoms with Gasteiger partial charge in [-0.15, -0.1) is 0 Å². The van der Waals surface area contributed by atoms with Crippen molar-refractivity contribution in [3.63, 3.8) is 0 Å². The summed E-state index contributed by atoms with van der Waals surface area (Å²) in [5.74, 6) is 1.43. The molecule has 174 valence electrons. The van der Waals surface area contributed by atoms with Gasteiger partial charge in [0.05, 0.1) is 20.8 Å². The largest absolute Gasteiger partial charge is 0.497 e. The van der Waals surface area contributed by atoms with Crippen molar-refractivity contribution in [2.75, 3.05) is 25.7 Å². The summed E-state index contributed by atoms with van der Waals surface area (Å²) in [4.78, 5) is 15.2. The molecule has 3 aromatic carbocycles. The van der Waals surface area contributed by atoms with Gasteiger partial charge in [0, 0.05) is 12.2 Å². The van der Waals surface area contributed by atoms with Gasteiger partial charge in [0.15, 0.2) is 0 Å². The topological polar surface area (TPSA) is 48.0 Å². The molecule has 0 bridgehead atoms. The van der Waals surface area contributed by atoms with E-state index in [4.69, 9.17) is 14.2 Å². The fourth-order valence-electron chi connectivity index (χ4n) is 3.87. The second-order valence-corrected chi connectivity index (χ2v) is 7.82. The second-order valence-electron chi connectivity index (χ2n) is 7.82. The Morgan fingerprint density at radius 3 is 2.00 bits per heavy atom. The molecule has 0 spiro atoms. The lowest BCUT2D eigenvalue weighted by Crippen LogP contribution is -2.42. The molecule has 1 atom stereocenters. The Balaban J connectivity index is 1.82. The smallest absolute Gasteiger partial charge is 0.328 e. The Bertz CT molecular complexity index is 971. The lowest BCUT2D eigenvalue weighted by Gasteiger charge is -2.32. The van der Waals surface area contributed by atoms with Crippen LogP contribution in [0.5, 0.6) is 11.5 Å². The molecule has 0 aliphatic rings. The van der Waals surface area contributed by atoms with Crippen LogP contribution in [-0.2, 0) is 22.5 Å². The minimum atomic E-state index is -0.392. The van der Waals surface area contributed by atoms with Crippen LogP contribution < -0.4 is 14.4 Å². The lowest BCUT2D eigenvalue weighted by molar-refractivity contribution is -0.145. The standard InChI is InChI=1S/C28H33NO4/c1-4-33-28(30)27(12-8-11-22-13-17-25(31-2)18-14-22)29(21-23-9-6-5-7-10-23)24-15-19-26(32-3)20-16-24/h5-7,9-10,13-20,27H,4,8,11-12,21H2,1-3H3. The number of esters is 1. The van der Waals surface area contributed by atoms with Crippen LogP contribution in [0.4, 0.5) is 5.69 Å². The molecule has 0 saturated carbocycles. The first-order valence-electron chi connectivity index (χ1n) is 11.4. The van der Waals surface area contributed by atoms with Gasteiger partial charge >= 0.3 is 5.97 Å². The van der Waals surface area contributed by atoms with Gasteiger partial charge in [0.1, 0.15) is 17.5 Å². The van der Waals surface area contributed by atoms with E-state index >= 15 is 0 Å². The highest BCUT2D eigenvalue weighted by Gasteiger charge is 2.27. The highest BCUT2D eigenvalue weighted by atomic mass is 16.5. The number of rotatable bonds is 12. The molecule has 0 fully saturated rings. The number of carbonyl (C=O) groups excluding carboxylic acids is 1. The molecule has 1 unspecified atom stereocenters. The normalized spacial score (nSPS) is 11.5. The van der Waals surface area contributed by atoms with Crippen molar-refractivity contribution < 1.29 is 19.0 Å². The fraction of sp³-hybridized carbons (Fsp3) is 0.321. The third-order valence-corrected chi connectivity index (χ3v) is 5.64. The predicted molar refractivity (Wildman–Crippen MR) is 132 cm³/mol. The van der Waals surface area contributed by atoms with Crippen LogP contribution in [0.1, 0.15) is 30.9 Å². The van der Waals surface area contributed by atoms with Crippen LogP contribution in [0.3, 0.4) is 0 Å². The zero-order chi connectivity index (χ0) is 23.5. The highest BCUT2D eigenvalue weighted by molar-refractivity contribution is 5.80. The number of methoxy groups -OCH3 is 2. The molecule has 0 radical (unpaired) electrons. The van der Waals surface area contributed by atoms with E-state index in [9.17, 15) is 4.79 Å². The van der Waals surface area contributed by atoms with Crippen LogP contribution in [0, 0.1) is 0 Å². The van der Waals surface area contributed by atoms with Crippen LogP contribution in [-0.4, -0.2) is 32.8 Å². The Labute approximate surface area is 196 Å². The van der Waals surface area contributed by atoms with Gasteiger partial charge in [-0.05, 0) is 73.7 Å². The van der Waals surface area contributed by atoms with E-state index in [1.807, 2.05) is 61.5 Å².